The summed E-state index contributed by atoms with van der Waals surface area (Å²) in [5.74, 6) is -0.161. The van der Waals surface area contributed by atoms with Crippen molar-refractivity contribution in [2.24, 2.45) is 5.41 Å². The summed E-state index contributed by atoms with van der Waals surface area (Å²) in [5.41, 5.74) is 0.396. The molecule has 14 heavy (non-hydrogen) atoms. The van der Waals surface area contributed by atoms with Crippen molar-refractivity contribution in [3.8, 4) is 0 Å². The zero-order valence-corrected chi connectivity index (χ0v) is 8.51. The zero-order valence-electron chi connectivity index (χ0n) is 8.51. The van der Waals surface area contributed by atoms with Crippen LogP contribution < -0.4 is 0 Å². The minimum Gasteiger partial charge on any atom is -0.508 e. The number of aliphatic hydroxyl groups is 1. The molecule has 78 valence electrons. The summed E-state index contributed by atoms with van der Waals surface area (Å²) in [6.07, 6.45) is 5.49. The van der Waals surface area contributed by atoms with E-state index in [-0.39, 0.29) is 23.8 Å². The lowest BCUT2D eigenvalue weighted by atomic mass is 9.70. The third kappa shape index (κ3) is 1.41. The lowest BCUT2D eigenvalue weighted by Crippen LogP contribution is -2.26. The van der Waals surface area contributed by atoms with Gasteiger partial charge in [-0.25, -0.2) is 4.79 Å². The highest BCUT2D eigenvalue weighted by atomic mass is 16.5. The van der Waals surface area contributed by atoms with E-state index in [4.69, 9.17) is 4.74 Å². The topological polar surface area (TPSA) is 46.5 Å². The third-order valence-corrected chi connectivity index (χ3v) is 3.39. The van der Waals surface area contributed by atoms with E-state index in [9.17, 15) is 9.90 Å². The number of carbonyl (C=O) groups is 1. The van der Waals surface area contributed by atoms with Gasteiger partial charge in [0.1, 0.15) is 12.4 Å². The van der Waals surface area contributed by atoms with Crippen LogP contribution in [0, 0.1) is 5.41 Å². The Morgan fingerprint density at radius 3 is 2.43 bits per heavy atom. The fourth-order valence-corrected chi connectivity index (χ4v) is 2.57. The van der Waals surface area contributed by atoms with Crippen LogP contribution in [0.15, 0.2) is 11.3 Å². The molecule has 0 aromatic carbocycles. The van der Waals surface area contributed by atoms with Gasteiger partial charge in [-0.15, -0.1) is 0 Å². The van der Waals surface area contributed by atoms with Gasteiger partial charge in [0.25, 0.3) is 0 Å². The van der Waals surface area contributed by atoms with Crippen LogP contribution in [0.3, 0.4) is 0 Å². The van der Waals surface area contributed by atoms with Gasteiger partial charge < -0.3 is 9.84 Å². The van der Waals surface area contributed by atoms with Crippen molar-refractivity contribution in [1.82, 2.24) is 0 Å². The minimum absolute atomic E-state index is 0.0732. The van der Waals surface area contributed by atoms with Crippen molar-refractivity contribution in [2.75, 3.05) is 6.61 Å². The minimum atomic E-state index is -0.313. The highest BCUT2D eigenvalue weighted by molar-refractivity contribution is 5.92. The number of hydrogen-bond acceptors (Lipinski definition) is 3. The summed E-state index contributed by atoms with van der Waals surface area (Å²) < 4.78 is 4.83. The summed E-state index contributed by atoms with van der Waals surface area (Å²) in [6.45, 7) is 2.13. The number of hydrogen-bond donors (Lipinski definition) is 1. The Bertz CT molecular complexity index is 285. The Morgan fingerprint density at radius 1 is 1.29 bits per heavy atom. The molecule has 1 N–H and O–H groups in total. The molecule has 0 bridgehead atoms. The van der Waals surface area contributed by atoms with Crippen LogP contribution in [-0.2, 0) is 9.53 Å². The Labute approximate surface area is 83.8 Å². The summed E-state index contributed by atoms with van der Waals surface area (Å²) in [6, 6.07) is 0. The quantitative estimate of drug-likeness (QED) is 0.655. The molecule has 1 aliphatic carbocycles. The number of carbonyl (C=O) groups excluding carboxylic acids is 1. The van der Waals surface area contributed by atoms with E-state index in [0.29, 0.717) is 5.57 Å². The first-order valence-corrected chi connectivity index (χ1v) is 5.23. The van der Waals surface area contributed by atoms with Crippen LogP contribution in [0.25, 0.3) is 0 Å². The maximum Gasteiger partial charge on any atom is 0.338 e. The molecule has 0 saturated heterocycles. The summed E-state index contributed by atoms with van der Waals surface area (Å²) in [5, 5.41) is 9.61. The summed E-state index contributed by atoms with van der Waals surface area (Å²) in [7, 11) is 0. The number of esters is 1. The van der Waals surface area contributed by atoms with E-state index < -0.39 is 0 Å². The van der Waals surface area contributed by atoms with E-state index in [1.807, 2.05) is 0 Å². The second-order valence-electron chi connectivity index (χ2n) is 4.52. The molecule has 1 aliphatic heterocycles. The van der Waals surface area contributed by atoms with E-state index >= 15 is 0 Å². The number of aliphatic hydroxyl groups excluding tert-OH is 1. The van der Waals surface area contributed by atoms with Crippen LogP contribution in [0.5, 0.6) is 0 Å². The molecule has 2 rings (SSSR count). The van der Waals surface area contributed by atoms with Crippen molar-refractivity contribution in [1.29, 1.82) is 0 Å². The standard InChI is InChI=1S/C11H16O3/c1-11(5-3-2-4-6-11)9-8(12)7-14-10(9)13/h12H,2-7H2,1H3. The van der Waals surface area contributed by atoms with Gasteiger partial charge in [-0.05, 0) is 12.8 Å². The molecule has 1 fully saturated rings. The zero-order chi connectivity index (χ0) is 10.2. The average Bonchev–Trinajstić information content (AvgIpc) is 2.48. The molecule has 2 aliphatic rings. The highest BCUT2D eigenvalue weighted by Gasteiger charge is 2.41. The van der Waals surface area contributed by atoms with Crippen LogP contribution >= 0.6 is 0 Å². The monoisotopic (exact) mass is 196 g/mol. The summed E-state index contributed by atoms with van der Waals surface area (Å²) in [4.78, 5) is 11.4. The van der Waals surface area contributed by atoms with E-state index in [0.717, 1.165) is 25.7 Å². The summed E-state index contributed by atoms with van der Waals surface area (Å²) >= 11 is 0. The van der Waals surface area contributed by atoms with Gasteiger partial charge in [-0.3, -0.25) is 0 Å². The third-order valence-electron chi connectivity index (χ3n) is 3.39. The van der Waals surface area contributed by atoms with Crippen LogP contribution in [0.4, 0.5) is 0 Å². The molecule has 1 saturated carbocycles. The lowest BCUT2D eigenvalue weighted by molar-refractivity contribution is -0.137. The fraction of sp³-hybridized carbons (Fsp3) is 0.727. The second-order valence-corrected chi connectivity index (χ2v) is 4.52. The molecule has 0 radical (unpaired) electrons. The molecule has 3 heteroatoms. The molecular formula is C11H16O3. The van der Waals surface area contributed by atoms with E-state index in [1.165, 1.54) is 6.42 Å². The molecule has 1 heterocycles. The molecular weight excluding hydrogens is 180 g/mol. The van der Waals surface area contributed by atoms with Gasteiger partial charge in [-0.2, -0.15) is 0 Å². The van der Waals surface area contributed by atoms with Crippen LogP contribution in [-0.4, -0.2) is 17.7 Å². The molecule has 0 aromatic rings. The highest BCUT2D eigenvalue weighted by Crippen LogP contribution is 2.44. The first-order valence-electron chi connectivity index (χ1n) is 5.23. The SMILES string of the molecule is CC1(C2=C(O)COC2=O)CCCCC1. The Hall–Kier alpha value is -0.990. The van der Waals surface area contributed by atoms with E-state index in [2.05, 4.69) is 6.92 Å². The van der Waals surface area contributed by atoms with E-state index in [1.54, 1.807) is 0 Å². The largest absolute Gasteiger partial charge is 0.508 e. The van der Waals surface area contributed by atoms with Crippen LogP contribution in [0.1, 0.15) is 39.0 Å². The van der Waals surface area contributed by atoms with Crippen molar-refractivity contribution in [3.05, 3.63) is 11.3 Å². The molecule has 0 atom stereocenters. The van der Waals surface area contributed by atoms with Gasteiger partial charge in [0, 0.05) is 5.41 Å². The van der Waals surface area contributed by atoms with Gasteiger partial charge in [0.2, 0.25) is 0 Å². The fourth-order valence-electron chi connectivity index (χ4n) is 2.57. The van der Waals surface area contributed by atoms with Crippen molar-refractivity contribution in [2.45, 2.75) is 39.0 Å². The van der Waals surface area contributed by atoms with Crippen molar-refractivity contribution in [3.63, 3.8) is 0 Å². The number of cyclic esters (lactones) is 1. The van der Waals surface area contributed by atoms with Crippen molar-refractivity contribution >= 4 is 5.97 Å². The molecule has 0 aromatic heterocycles. The predicted molar refractivity (Wildman–Crippen MR) is 51.8 cm³/mol. The van der Waals surface area contributed by atoms with Gasteiger partial charge in [0.15, 0.2) is 0 Å². The Morgan fingerprint density at radius 2 is 1.93 bits per heavy atom. The van der Waals surface area contributed by atoms with Gasteiger partial charge >= 0.3 is 5.97 Å². The smallest absolute Gasteiger partial charge is 0.338 e. The maximum atomic E-state index is 11.4. The molecule has 3 nitrogen and oxygen atoms in total. The predicted octanol–water partition coefficient (Wildman–Crippen LogP) is 2.33. The first kappa shape index (κ1) is 9.56. The number of ether oxygens (including phenoxy) is 1. The Kier molecular flexibility index (Phi) is 2.25. The first-order chi connectivity index (χ1) is 6.63. The Balaban J connectivity index is 2.27. The van der Waals surface area contributed by atoms with Gasteiger partial charge in [0.05, 0.1) is 5.57 Å². The molecule has 0 spiro atoms. The average molecular weight is 196 g/mol. The lowest BCUT2D eigenvalue weighted by Gasteiger charge is -2.33. The number of rotatable bonds is 1. The normalized spacial score (nSPS) is 26.5. The van der Waals surface area contributed by atoms with Gasteiger partial charge in [-0.1, -0.05) is 26.2 Å². The molecule has 0 amide bonds. The van der Waals surface area contributed by atoms with Crippen LogP contribution in [0.2, 0.25) is 0 Å². The molecule has 0 unspecified atom stereocenters. The second kappa shape index (κ2) is 3.30. The maximum absolute atomic E-state index is 11.4. The van der Waals surface area contributed by atoms with Crippen molar-refractivity contribution < 1.29 is 14.6 Å².